The highest BCUT2D eigenvalue weighted by Gasteiger charge is 2.36. The SMILES string of the molecule is O=C(O)CCC=CC[C@H]1CO[C@@H](c2coc3ccc(Cl)cc3c2=O)O[C@H]1c1ccccc1O. The second-order valence-electron chi connectivity index (χ2n) is 7.84. The Hall–Kier alpha value is -3.13. The van der Waals surface area contributed by atoms with Crippen molar-refractivity contribution in [2.45, 2.75) is 31.7 Å². The Bertz CT molecular complexity index is 1230. The molecule has 1 saturated heterocycles. The molecule has 0 bridgehead atoms. The van der Waals surface area contributed by atoms with Crippen molar-refractivity contribution in [3.63, 3.8) is 0 Å². The number of carboxylic acids is 1. The molecular weight excluding hydrogens is 448 g/mol. The fourth-order valence-electron chi connectivity index (χ4n) is 3.87. The van der Waals surface area contributed by atoms with E-state index in [1.54, 1.807) is 42.5 Å². The molecule has 0 spiro atoms. The molecule has 2 heterocycles. The van der Waals surface area contributed by atoms with E-state index in [2.05, 4.69) is 0 Å². The minimum atomic E-state index is -0.985. The van der Waals surface area contributed by atoms with Gasteiger partial charge >= 0.3 is 5.97 Å². The van der Waals surface area contributed by atoms with E-state index >= 15 is 0 Å². The number of phenols is 1. The fourth-order valence-corrected chi connectivity index (χ4v) is 4.04. The first-order chi connectivity index (χ1) is 15.9. The largest absolute Gasteiger partial charge is 0.508 e. The van der Waals surface area contributed by atoms with Crippen molar-refractivity contribution in [3.05, 3.63) is 87.3 Å². The maximum atomic E-state index is 13.1. The summed E-state index contributed by atoms with van der Waals surface area (Å²) in [5, 5.41) is 20.0. The summed E-state index contributed by atoms with van der Waals surface area (Å²) in [4.78, 5) is 23.8. The summed E-state index contributed by atoms with van der Waals surface area (Å²) in [5.41, 5.74) is 0.904. The van der Waals surface area contributed by atoms with E-state index in [9.17, 15) is 14.7 Å². The Balaban J connectivity index is 1.61. The van der Waals surface area contributed by atoms with E-state index in [-0.39, 0.29) is 35.7 Å². The van der Waals surface area contributed by atoms with Gasteiger partial charge in [-0.05, 0) is 37.1 Å². The molecule has 0 aliphatic carbocycles. The van der Waals surface area contributed by atoms with Crippen LogP contribution in [-0.2, 0) is 14.3 Å². The van der Waals surface area contributed by atoms with E-state index in [1.807, 2.05) is 12.2 Å². The first kappa shape index (κ1) is 23.0. The Morgan fingerprint density at radius 3 is 2.76 bits per heavy atom. The van der Waals surface area contributed by atoms with E-state index in [0.717, 1.165) is 0 Å². The molecule has 2 N–H and O–H groups in total. The number of hydrogen-bond donors (Lipinski definition) is 2. The molecule has 172 valence electrons. The monoisotopic (exact) mass is 470 g/mol. The Morgan fingerprint density at radius 1 is 1.15 bits per heavy atom. The number of carboxylic acid groups (broad SMARTS) is 1. The van der Waals surface area contributed by atoms with Gasteiger partial charge in [-0.25, -0.2) is 0 Å². The molecule has 8 heteroatoms. The zero-order valence-corrected chi connectivity index (χ0v) is 18.4. The molecule has 33 heavy (non-hydrogen) atoms. The van der Waals surface area contributed by atoms with E-state index < -0.39 is 18.4 Å². The number of phenolic OH excluding ortho intramolecular Hbond substituents is 1. The average Bonchev–Trinajstić information content (AvgIpc) is 2.80. The van der Waals surface area contributed by atoms with Crippen molar-refractivity contribution in [2.75, 3.05) is 6.61 Å². The zero-order chi connectivity index (χ0) is 23.4. The molecule has 1 aliphatic heterocycles. The second kappa shape index (κ2) is 10.2. The summed E-state index contributed by atoms with van der Waals surface area (Å²) >= 11 is 6.05. The van der Waals surface area contributed by atoms with Crippen LogP contribution in [0.4, 0.5) is 0 Å². The fraction of sp³-hybridized carbons (Fsp3) is 0.280. The summed E-state index contributed by atoms with van der Waals surface area (Å²) in [6.45, 7) is 0.264. The first-order valence-corrected chi connectivity index (χ1v) is 10.9. The van der Waals surface area contributed by atoms with Crippen LogP contribution in [0.1, 0.15) is 42.8 Å². The summed E-state index contributed by atoms with van der Waals surface area (Å²) in [7, 11) is 0. The number of carbonyl (C=O) groups is 1. The predicted molar refractivity (Wildman–Crippen MR) is 122 cm³/mol. The van der Waals surface area contributed by atoms with Gasteiger partial charge in [-0.3, -0.25) is 9.59 Å². The van der Waals surface area contributed by atoms with Crippen LogP contribution in [0, 0.1) is 5.92 Å². The van der Waals surface area contributed by atoms with Crippen LogP contribution >= 0.6 is 11.6 Å². The van der Waals surface area contributed by atoms with Gasteiger partial charge < -0.3 is 24.1 Å². The predicted octanol–water partition coefficient (Wildman–Crippen LogP) is 5.37. The van der Waals surface area contributed by atoms with E-state index in [0.29, 0.717) is 34.4 Å². The zero-order valence-electron chi connectivity index (χ0n) is 17.6. The van der Waals surface area contributed by atoms with E-state index in [4.69, 9.17) is 30.6 Å². The Morgan fingerprint density at radius 2 is 1.97 bits per heavy atom. The lowest BCUT2D eigenvalue weighted by Gasteiger charge is -2.36. The normalized spacial score (nSPS) is 20.9. The van der Waals surface area contributed by atoms with Gasteiger partial charge in [-0.1, -0.05) is 42.0 Å². The van der Waals surface area contributed by atoms with Crippen molar-refractivity contribution in [1.29, 1.82) is 0 Å². The quantitative estimate of drug-likeness (QED) is 0.447. The average molecular weight is 471 g/mol. The van der Waals surface area contributed by atoms with Gasteiger partial charge in [-0.15, -0.1) is 0 Å². The minimum Gasteiger partial charge on any atom is -0.508 e. The lowest BCUT2D eigenvalue weighted by Crippen LogP contribution is -2.32. The van der Waals surface area contributed by atoms with Gasteiger partial charge in [0.05, 0.1) is 23.7 Å². The van der Waals surface area contributed by atoms with Crippen LogP contribution in [-0.4, -0.2) is 22.8 Å². The Kier molecular flexibility index (Phi) is 7.13. The maximum absolute atomic E-state index is 13.1. The number of aromatic hydroxyl groups is 1. The molecule has 1 aliphatic rings. The number of benzene rings is 2. The highest BCUT2D eigenvalue weighted by atomic mass is 35.5. The van der Waals surface area contributed by atoms with Gasteiger partial charge in [0.25, 0.3) is 0 Å². The number of hydrogen-bond acceptors (Lipinski definition) is 6. The minimum absolute atomic E-state index is 0.0564. The number of allylic oxidation sites excluding steroid dienone is 2. The van der Waals surface area contributed by atoms with Gasteiger partial charge in [0.15, 0.2) is 6.29 Å². The Labute approximate surface area is 194 Å². The molecule has 3 atom stereocenters. The molecule has 7 nitrogen and oxygen atoms in total. The lowest BCUT2D eigenvalue weighted by molar-refractivity contribution is -0.244. The summed E-state index contributed by atoms with van der Waals surface area (Å²) in [5.74, 6) is -0.924. The molecule has 2 aromatic carbocycles. The summed E-state index contributed by atoms with van der Waals surface area (Å²) < 4.78 is 17.7. The molecule has 0 radical (unpaired) electrons. The number of fused-ring (bicyclic) bond motifs is 1. The number of ether oxygens (including phenoxy) is 2. The molecule has 3 aromatic rings. The highest BCUT2D eigenvalue weighted by molar-refractivity contribution is 6.31. The molecular formula is C25H23ClO7. The van der Waals surface area contributed by atoms with Crippen LogP contribution < -0.4 is 5.43 Å². The van der Waals surface area contributed by atoms with Gasteiger partial charge in [0, 0.05) is 22.9 Å². The third-order valence-corrected chi connectivity index (χ3v) is 5.78. The van der Waals surface area contributed by atoms with Gasteiger partial charge in [-0.2, -0.15) is 0 Å². The number of rotatable bonds is 7. The number of aliphatic carboxylic acids is 1. The van der Waals surface area contributed by atoms with Crippen molar-refractivity contribution in [1.82, 2.24) is 0 Å². The lowest BCUT2D eigenvalue weighted by atomic mass is 9.91. The van der Waals surface area contributed by atoms with Crippen LogP contribution in [0.5, 0.6) is 5.75 Å². The highest BCUT2D eigenvalue weighted by Crippen LogP contribution is 2.42. The standard InChI is InChI=1S/C25H23ClO7/c26-16-10-11-21-18(12-16)23(30)19(14-31-21)25-32-13-15(6-2-1-3-9-22(28)29)24(33-25)17-7-4-5-8-20(17)27/h1-2,4-5,7-8,10-12,14-15,24-25,27H,3,6,9,13H2,(H,28,29)/t15-,24+,25+/m0/s1. The van der Waals surface area contributed by atoms with Gasteiger partial charge in [0.2, 0.25) is 5.43 Å². The van der Waals surface area contributed by atoms with Crippen molar-refractivity contribution in [2.24, 2.45) is 5.92 Å². The van der Waals surface area contributed by atoms with E-state index in [1.165, 1.54) is 6.26 Å². The van der Waals surface area contributed by atoms with Crippen molar-refractivity contribution < 1.29 is 28.9 Å². The maximum Gasteiger partial charge on any atom is 0.303 e. The van der Waals surface area contributed by atoms with Crippen LogP contribution in [0.3, 0.4) is 0 Å². The third kappa shape index (κ3) is 5.27. The van der Waals surface area contributed by atoms with Gasteiger partial charge in [0.1, 0.15) is 17.6 Å². The summed E-state index contributed by atoms with van der Waals surface area (Å²) in [6, 6.07) is 11.7. The molecule has 1 fully saturated rings. The smallest absolute Gasteiger partial charge is 0.303 e. The first-order valence-electron chi connectivity index (χ1n) is 10.6. The number of halogens is 1. The molecule has 0 amide bonds. The van der Waals surface area contributed by atoms with Crippen molar-refractivity contribution in [3.8, 4) is 5.75 Å². The number of para-hydroxylation sites is 1. The second-order valence-corrected chi connectivity index (χ2v) is 8.28. The molecule has 0 unspecified atom stereocenters. The molecule has 4 rings (SSSR count). The van der Waals surface area contributed by atoms with Crippen molar-refractivity contribution >= 4 is 28.5 Å². The van der Waals surface area contributed by atoms with Crippen LogP contribution in [0.15, 0.2) is 70.1 Å². The topological polar surface area (TPSA) is 106 Å². The molecule has 0 saturated carbocycles. The van der Waals surface area contributed by atoms with Crippen LogP contribution in [0.25, 0.3) is 11.0 Å². The summed E-state index contributed by atoms with van der Waals surface area (Å²) in [6.07, 6.45) is 4.52. The third-order valence-electron chi connectivity index (χ3n) is 5.55. The molecule has 1 aromatic heterocycles. The van der Waals surface area contributed by atoms with Crippen LogP contribution in [0.2, 0.25) is 5.02 Å².